The number of hydrogen-bond acceptors (Lipinski definition) is 4. The highest BCUT2D eigenvalue weighted by molar-refractivity contribution is 5.86. The Morgan fingerprint density at radius 1 is 1.19 bits per heavy atom. The van der Waals surface area contributed by atoms with Gasteiger partial charge in [-0.25, -0.2) is 0 Å². The quantitative estimate of drug-likeness (QED) is 0.443. The summed E-state index contributed by atoms with van der Waals surface area (Å²) in [6.07, 6.45) is 3.11. The highest BCUT2D eigenvalue weighted by Gasteiger charge is 2.22. The van der Waals surface area contributed by atoms with Gasteiger partial charge in [-0.15, -0.1) is 0 Å². The van der Waals surface area contributed by atoms with Crippen LogP contribution >= 0.6 is 0 Å². The zero-order chi connectivity index (χ0) is 19.1. The maximum Gasteiger partial charge on any atom is 0.306 e. The number of carbonyl (C=O) groups is 1. The summed E-state index contributed by atoms with van der Waals surface area (Å²) in [6, 6.07) is 16.0. The average Bonchev–Trinajstić information content (AvgIpc) is 3.10. The standard InChI is InChI=1S/C22H26N2O3/c1-2-26-22(25)14-19(16-7-4-3-5-8-16)20-15-24-21-13-17(9-10-18(20)21)27-12-6-11-23/h3-5,7-10,13,15,19,24H,2,6,11-12,14,23H2,1H3. The van der Waals surface area contributed by atoms with Crippen LogP contribution in [0.3, 0.4) is 0 Å². The Kier molecular flexibility index (Phi) is 6.49. The Morgan fingerprint density at radius 2 is 2.00 bits per heavy atom. The van der Waals surface area contributed by atoms with Crippen LogP contribution in [-0.4, -0.2) is 30.7 Å². The number of esters is 1. The number of hydrogen-bond donors (Lipinski definition) is 2. The molecule has 0 aliphatic heterocycles. The van der Waals surface area contributed by atoms with Crippen LogP contribution in [0.4, 0.5) is 0 Å². The molecule has 142 valence electrons. The summed E-state index contributed by atoms with van der Waals surface area (Å²) in [5, 5.41) is 1.08. The van der Waals surface area contributed by atoms with Gasteiger partial charge in [0.15, 0.2) is 0 Å². The van der Waals surface area contributed by atoms with Gasteiger partial charge in [-0.2, -0.15) is 0 Å². The second kappa shape index (κ2) is 9.24. The summed E-state index contributed by atoms with van der Waals surface area (Å²) < 4.78 is 10.9. The Morgan fingerprint density at radius 3 is 2.74 bits per heavy atom. The van der Waals surface area contributed by atoms with Crippen LogP contribution in [0.15, 0.2) is 54.7 Å². The first-order valence-electron chi connectivity index (χ1n) is 9.37. The molecule has 0 aliphatic carbocycles. The molecule has 0 aliphatic rings. The molecule has 3 rings (SSSR count). The molecule has 0 radical (unpaired) electrons. The molecule has 0 spiro atoms. The highest BCUT2D eigenvalue weighted by atomic mass is 16.5. The molecule has 0 fully saturated rings. The Balaban J connectivity index is 1.91. The van der Waals surface area contributed by atoms with E-state index in [0.717, 1.165) is 34.2 Å². The van der Waals surface area contributed by atoms with Crippen LogP contribution in [-0.2, 0) is 9.53 Å². The van der Waals surface area contributed by atoms with E-state index >= 15 is 0 Å². The molecule has 5 heteroatoms. The van der Waals surface area contributed by atoms with E-state index in [9.17, 15) is 4.79 Å². The number of H-pyrrole nitrogens is 1. The van der Waals surface area contributed by atoms with E-state index in [0.29, 0.717) is 26.2 Å². The summed E-state index contributed by atoms with van der Waals surface area (Å²) in [6.45, 7) is 3.43. The summed E-state index contributed by atoms with van der Waals surface area (Å²) in [7, 11) is 0. The molecule has 0 bridgehead atoms. The second-order valence-corrected chi connectivity index (χ2v) is 6.41. The first kappa shape index (κ1) is 19.0. The molecule has 3 N–H and O–H groups in total. The number of aromatic amines is 1. The summed E-state index contributed by atoms with van der Waals surface area (Å²) in [5.74, 6) is 0.552. The number of aromatic nitrogens is 1. The van der Waals surface area contributed by atoms with Gasteiger partial charge in [0.1, 0.15) is 5.75 Å². The van der Waals surface area contributed by atoms with Crippen molar-refractivity contribution >= 4 is 16.9 Å². The van der Waals surface area contributed by atoms with Gasteiger partial charge in [0.05, 0.1) is 19.6 Å². The highest BCUT2D eigenvalue weighted by Crippen LogP contribution is 2.34. The molecule has 2 aromatic carbocycles. The molecular formula is C22H26N2O3. The minimum atomic E-state index is -0.192. The molecule has 0 saturated heterocycles. The SMILES string of the molecule is CCOC(=O)CC(c1ccccc1)c1c[nH]c2cc(OCCCN)ccc12. The molecule has 1 heterocycles. The molecule has 0 saturated carbocycles. The van der Waals surface area contributed by atoms with Gasteiger partial charge in [-0.05, 0) is 43.1 Å². The van der Waals surface area contributed by atoms with Crippen molar-refractivity contribution in [3.8, 4) is 5.75 Å². The number of nitrogens with two attached hydrogens (primary N) is 1. The number of nitrogens with one attached hydrogen (secondary N) is 1. The second-order valence-electron chi connectivity index (χ2n) is 6.41. The van der Waals surface area contributed by atoms with Gasteiger partial charge < -0.3 is 20.2 Å². The van der Waals surface area contributed by atoms with E-state index in [4.69, 9.17) is 15.2 Å². The van der Waals surface area contributed by atoms with E-state index in [1.54, 1.807) is 0 Å². The molecule has 1 aromatic heterocycles. The van der Waals surface area contributed by atoms with E-state index in [2.05, 4.69) is 4.98 Å². The van der Waals surface area contributed by atoms with Crippen molar-refractivity contribution in [2.75, 3.05) is 19.8 Å². The Bertz CT molecular complexity index is 874. The minimum absolute atomic E-state index is 0.0667. The molecule has 0 amide bonds. The normalized spacial score (nSPS) is 12.1. The largest absolute Gasteiger partial charge is 0.493 e. The third kappa shape index (κ3) is 4.68. The Hall–Kier alpha value is -2.79. The Labute approximate surface area is 159 Å². The van der Waals surface area contributed by atoms with Gasteiger partial charge in [0.2, 0.25) is 0 Å². The van der Waals surface area contributed by atoms with E-state index < -0.39 is 0 Å². The van der Waals surface area contributed by atoms with Gasteiger partial charge in [0.25, 0.3) is 0 Å². The van der Waals surface area contributed by atoms with Crippen molar-refractivity contribution in [2.45, 2.75) is 25.7 Å². The number of carbonyl (C=O) groups excluding carboxylic acids is 1. The third-order valence-corrected chi connectivity index (χ3v) is 4.56. The number of fused-ring (bicyclic) bond motifs is 1. The predicted molar refractivity (Wildman–Crippen MR) is 107 cm³/mol. The summed E-state index contributed by atoms with van der Waals surface area (Å²) in [4.78, 5) is 15.5. The molecule has 5 nitrogen and oxygen atoms in total. The number of ether oxygens (including phenoxy) is 2. The topological polar surface area (TPSA) is 77.3 Å². The minimum Gasteiger partial charge on any atom is -0.493 e. The summed E-state index contributed by atoms with van der Waals surface area (Å²) >= 11 is 0. The molecule has 1 atom stereocenters. The van der Waals surface area contributed by atoms with Crippen LogP contribution < -0.4 is 10.5 Å². The van der Waals surface area contributed by atoms with Crippen molar-refractivity contribution < 1.29 is 14.3 Å². The van der Waals surface area contributed by atoms with E-state index in [1.165, 1.54) is 0 Å². The lowest BCUT2D eigenvalue weighted by Gasteiger charge is -2.16. The lowest BCUT2D eigenvalue weighted by molar-refractivity contribution is -0.143. The average molecular weight is 366 g/mol. The number of benzene rings is 2. The van der Waals surface area contributed by atoms with Crippen molar-refractivity contribution in [3.63, 3.8) is 0 Å². The lowest BCUT2D eigenvalue weighted by atomic mass is 9.88. The van der Waals surface area contributed by atoms with Crippen LogP contribution in [0.5, 0.6) is 5.75 Å². The lowest BCUT2D eigenvalue weighted by Crippen LogP contribution is -2.11. The molecule has 27 heavy (non-hydrogen) atoms. The zero-order valence-corrected chi connectivity index (χ0v) is 15.6. The van der Waals surface area contributed by atoms with Gasteiger partial charge in [-0.1, -0.05) is 30.3 Å². The van der Waals surface area contributed by atoms with Crippen molar-refractivity contribution in [1.29, 1.82) is 0 Å². The molecule has 3 aromatic rings. The predicted octanol–water partition coefficient (Wildman–Crippen LogP) is 3.98. The summed E-state index contributed by atoms with van der Waals surface area (Å²) in [5.41, 5.74) is 8.67. The van der Waals surface area contributed by atoms with E-state index in [-0.39, 0.29) is 11.9 Å². The zero-order valence-electron chi connectivity index (χ0n) is 15.6. The van der Waals surface area contributed by atoms with Crippen molar-refractivity contribution in [2.24, 2.45) is 5.73 Å². The van der Waals surface area contributed by atoms with Crippen LogP contribution in [0.1, 0.15) is 36.8 Å². The van der Waals surface area contributed by atoms with Gasteiger partial charge >= 0.3 is 5.97 Å². The molecule has 1 unspecified atom stereocenters. The molecular weight excluding hydrogens is 340 g/mol. The van der Waals surface area contributed by atoms with Crippen LogP contribution in [0.25, 0.3) is 10.9 Å². The third-order valence-electron chi connectivity index (χ3n) is 4.56. The smallest absolute Gasteiger partial charge is 0.306 e. The van der Waals surface area contributed by atoms with Crippen molar-refractivity contribution in [3.05, 3.63) is 65.9 Å². The first-order valence-corrected chi connectivity index (χ1v) is 9.37. The van der Waals surface area contributed by atoms with Crippen molar-refractivity contribution in [1.82, 2.24) is 4.98 Å². The van der Waals surface area contributed by atoms with Gasteiger partial charge in [-0.3, -0.25) is 4.79 Å². The maximum atomic E-state index is 12.2. The maximum absolute atomic E-state index is 12.2. The van der Waals surface area contributed by atoms with Crippen LogP contribution in [0.2, 0.25) is 0 Å². The fourth-order valence-electron chi connectivity index (χ4n) is 3.26. The number of rotatable bonds is 9. The first-order chi connectivity index (χ1) is 13.2. The van der Waals surface area contributed by atoms with Gasteiger partial charge in [0, 0.05) is 29.1 Å². The van der Waals surface area contributed by atoms with E-state index in [1.807, 2.05) is 61.7 Å². The van der Waals surface area contributed by atoms with Crippen LogP contribution in [0, 0.1) is 0 Å². The monoisotopic (exact) mass is 366 g/mol. The fourth-order valence-corrected chi connectivity index (χ4v) is 3.26. The fraction of sp³-hybridized carbons (Fsp3) is 0.318.